The fourth-order valence-electron chi connectivity index (χ4n) is 1.18. The van der Waals surface area contributed by atoms with Crippen molar-refractivity contribution in [3.63, 3.8) is 0 Å². The number of halogens is 3. The predicted molar refractivity (Wildman–Crippen MR) is 54.1 cm³/mol. The summed E-state index contributed by atoms with van der Waals surface area (Å²) in [6.45, 7) is -3.95. The minimum absolute atomic E-state index is 0.0316. The number of benzene rings is 1. The quantitative estimate of drug-likeness (QED) is 0.607. The van der Waals surface area contributed by atoms with Gasteiger partial charge >= 0.3 is 12.9 Å². The second kappa shape index (κ2) is 3.81. The van der Waals surface area contributed by atoms with E-state index in [2.05, 4.69) is 12.6 Å². The molecular formula is C8H7BF3O2S-. The first-order valence-corrected chi connectivity index (χ1v) is 4.45. The summed E-state index contributed by atoms with van der Waals surface area (Å²) in [6, 6.07) is 1.74. The number of hydrogen-bond donors (Lipinski definition) is 2. The summed E-state index contributed by atoms with van der Waals surface area (Å²) in [5.41, 5.74) is -1.35. The van der Waals surface area contributed by atoms with Crippen LogP contribution in [0.15, 0.2) is 17.0 Å². The van der Waals surface area contributed by atoms with Crippen LogP contribution in [-0.2, 0) is 0 Å². The van der Waals surface area contributed by atoms with Crippen LogP contribution in [-0.4, -0.2) is 18.1 Å². The van der Waals surface area contributed by atoms with Crippen LogP contribution in [0.2, 0.25) is 0 Å². The van der Waals surface area contributed by atoms with Crippen molar-refractivity contribution >= 4 is 31.0 Å². The van der Waals surface area contributed by atoms with Crippen molar-refractivity contribution in [3.05, 3.63) is 23.3 Å². The van der Waals surface area contributed by atoms with Crippen molar-refractivity contribution < 1.29 is 22.8 Å². The molecule has 1 rings (SSSR count). The highest BCUT2D eigenvalue weighted by molar-refractivity contribution is 7.80. The molecule has 0 aliphatic rings. The Morgan fingerprint density at radius 3 is 2.33 bits per heavy atom. The van der Waals surface area contributed by atoms with Gasteiger partial charge in [0.15, 0.2) is 0 Å². The Balaban J connectivity index is 3.45. The Morgan fingerprint density at radius 1 is 1.40 bits per heavy atom. The number of carbonyl (C=O) groups is 1. The topological polar surface area (TPSA) is 37.3 Å². The molecule has 0 aliphatic heterocycles. The molecule has 82 valence electrons. The third-order valence-corrected chi connectivity index (χ3v) is 2.48. The molecule has 0 atom stereocenters. The van der Waals surface area contributed by atoms with Gasteiger partial charge in [0, 0.05) is 4.90 Å². The van der Waals surface area contributed by atoms with Crippen LogP contribution in [0.4, 0.5) is 12.9 Å². The molecule has 15 heavy (non-hydrogen) atoms. The Morgan fingerprint density at radius 2 is 1.93 bits per heavy atom. The maximum absolute atomic E-state index is 12.5. The van der Waals surface area contributed by atoms with E-state index in [9.17, 15) is 17.7 Å². The summed E-state index contributed by atoms with van der Waals surface area (Å²) in [7, 11) is 0. The van der Waals surface area contributed by atoms with Gasteiger partial charge in [0.1, 0.15) is 0 Å². The van der Waals surface area contributed by atoms with Gasteiger partial charge in [-0.2, -0.15) is 0 Å². The van der Waals surface area contributed by atoms with Crippen LogP contribution in [0.5, 0.6) is 0 Å². The van der Waals surface area contributed by atoms with Crippen LogP contribution in [0.3, 0.4) is 0 Å². The summed E-state index contributed by atoms with van der Waals surface area (Å²) in [6.07, 6.45) is 0. The number of carboxylic acids is 1. The number of thiol groups is 1. The second-order valence-corrected chi connectivity index (χ2v) is 3.57. The Labute approximate surface area is 89.6 Å². The second-order valence-electron chi connectivity index (χ2n) is 3.09. The van der Waals surface area contributed by atoms with Gasteiger partial charge in [-0.25, -0.2) is 4.79 Å². The normalized spacial score (nSPS) is 11.5. The average Bonchev–Trinajstić information content (AvgIpc) is 2.06. The van der Waals surface area contributed by atoms with Gasteiger partial charge in [-0.1, -0.05) is 11.6 Å². The molecule has 0 fully saturated rings. The van der Waals surface area contributed by atoms with E-state index in [1.54, 1.807) is 0 Å². The lowest BCUT2D eigenvalue weighted by atomic mass is 9.76. The zero-order valence-electron chi connectivity index (χ0n) is 7.67. The fraction of sp³-hybridized carbons (Fsp3) is 0.125. The largest absolute Gasteiger partial charge is 0.509 e. The SMILES string of the molecule is Cc1c(S)cc(C(=O)O)cc1[B-](F)(F)F. The van der Waals surface area contributed by atoms with Gasteiger partial charge in [-0.05, 0) is 13.0 Å². The van der Waals surface area contributed by atoms with Gasteiger partial charge in [0.25, 0.3) is 0 Å². The third-order valence-electron chi connectivity index (χ3n) is 2.02. The van der Waals surface area contributed by atoms with Gasteiger partial charge in [0.2, 0.25) is 0 Å². The lowest BCUT2D eigenvalue weighted by Crippen LogP contribution is -2.37. The maximum Gasteiger partial charge on any atom is 0.509 e. The molecule has 0 radical (unpaired) electrons. The monoisotopic (exact) mass is 235 g/mol. The summed E-state index contributed by atoms with van der Waals surface area (Å²) < 4.78 is 37.5. The van der Waals surface area contributed by atoms with E-state index >= 15 is 0 Å². The van der Waals surface area contributed by atoms with E-state index < -0.39 is 24.0 Å². The first kappa shape index (κ1) is 12.0. The first-order valence-electron chi connectivity index (χ1n) is 4.00. The molecule has 0 spiro atoms. The molecule has 0 amide bonds. The van der Waals surface area contributed by atoms with Gasteiger partial charge < -0.3 is 18.1 Å². The zero-order chi connectivity index (χ0) is 11.8. The van der Waals surface area contributed by atoms with Crippen molar-refractivity contribution in [1.82, 2.24) is 0 Å². The molecule has 1 aromatic rings. The molecule has 1 aromatic carbocycles. The van der Waals surface area contributed by atoms with Crippen molar-refractivity contribution in [2.24, 2.45) is 0 Å². The van der Waals surface area contributed by atoms with Crippen molar-refractivity contribution in [2.45, 2.75) is 11.8 Å². The molecule has 0 saturated heterocycles. The average molecular weight is 235 g/mol. The first-order chi connectivity index (χ1) is 6.73. The molecule has 1 N–H and O–H groups in total. The summed E-state index contributed by atoms with van der Waals surface area (Å²) in [5, 5.41) is 8.60. The molecule has 7 heteroatoms. The van der Waals surface area contributed by atoms with Crippen LogP contribution >= 0.6 is 12.6 Å². The summed E-state index contributed by atoms with van der Waals surface area (Å²) >= 11 is 3.81. The van der Waals surface area contributed by atoms with E-state index in [-0.39, 0.29) is 10.5 Å². The van der Waals surface area contributed by atoms with Crippen molar-refractivity contribution in [3.8, 4) is 0 Å². The smallest absolute Gasteiger partial charge is 0.478 e. The lowest BCUT2D eigenvalue weighted by molar-refractivity contribution is 0.0696. The number of aromatic carboxylic acids is 1. The highest BCUT2D eigenvalue weighted by Gasteiger charge is 2.29. The van der Waals surface area contributed by atoms with E-state index in [1.807, 2.05) is 0 Å². The van der Waals surface area contributed by atoms with Crippen molar-refractivity contribution in [2.75, 3.05) is 0 Å². The Bertz CT molecular complexity index is 417. The van der Waals surface area contributed by atoms with Crippen LogP contribution in [0, 0.1) is 6.92 Å². The highest BCUT2D eigenvalue weighted by atomic mass is 32.1. The minimum Gasteiger partial charge on any atom is -0.478 e. The van der Waals surface area contributed by atoms with Crippen LogP contribution in [0.25, 0.3) is 0 Å². The van der Waals surface area contributed by atoms with Gasteiger partial charge in [0.05, 0.1) is 5.56 Å². The van der Waals surface area contributed by atoms with E-state index in [4.69, 9.17) is 5.11 Å². The molecule has 0 heterocycles. The molecule has 0 saturated carbocycles. The predicted octanol–water partition coefficient (Wildman–Crippen LogP) is 2.04. The number of hydrogen-bond acceptors (Lipinski definition) is 2. The standard InChI is InChI=1S/C8H7BF3O2S/c1-4-6(9(10,11)12)2-5(8(13)14)3-7(4)15/h2-3,15H,1H3,(H,13,14)/q-1. The Hall–Kier alpha value is -1.11. The van der Waals surface area contributed by atoms with E-state index in [1.165, 1.54) is 6.92 Å². The third kappa shape index (κ3) is 2.47. The summed E-state index contributed by atoms with van der Waals surface area (Å²) in [4.78, 5) is 10.6. The van der Waals surface area contributed by atoms with Gasteiger partial charge in [-0.15, -0.1) is 18.1 Å². The lowest BCUT2D eigenvalue weighted by Gasteiger charge is -2.19. The van der Waals surface area contributed by atoms with E-state index in [0.717, 1.165) is 6.07 Å². The number of rotatable bonds is 2. The van der Waals surface area contributed by atoms with Gasteiger partial charge in [-0.3, -0.25) is 0 Å². The fourth-order valence-corrected chi connectivity index (χ4v) is 1.45. The zero-order valence-corrected chi connectivity index (χ0v) is 8.56. The summed E-state index contributed by atoms with van der Waals surface area (Å²) in [5.74, 6) is -1.40. The van der Waals surface area contributed by atoms with E-state index in [0.29, 0.717) is 6.07 Å². The molecule has 0 aromatic heterocycles. The molecule has 0 unspecified atom stereocenters. The number of carboxylic acid groups (broad SMARTS) is 1. The molecule has 0 bridgehead atoms. The molecule has 0 aliphatic carbocycles. The molecule has 2 nitrogen and oxygen atoms in total. The minimum atomic E-state index is -5.21. The Kier molecular flexibility index (Phi) is 3.04. The maximum atomic E-state index is 12.5. The molecular weight excluding hydrogens is 228 g/mol. The van der Waals surface area contributed by atoms with Crippen molar-refractivity contribution in [1.29, 1.82) is 0 Å². The van der Waals surface area contributed by atoms with Crippen LogP contribution in [0.1, 0.15) is 15.9 Å². The van der Waals surface area contributed by atoms with Crippen LogP contribution < -0.4 is 5.46 Å². The highest BCUT2D eigenvalue weighted by Crippen LogP contribution is 2.19.